The van der Waals surface area contributed by atoms with Crippen LogP contribution in [0.3, 0.4) is 0 Å². The predicted octanol–water partition coefficient (Wildman–Crippen LogP) is 3.11. The number of carbonyl (C=O) groups is 1. The van der Waals surface area contributed by atoms with E-state index in [1.54, 1.807) is 24.3 Å². The highest BCUT2D eigenvalue weighted by Gasteiger charge is 2.27. The third kappa shape index (κ3) is 4.00. The second kappa shape index (κ2) is 8.28. The minimum Gasteiger partial charge on any atom is -0.343 e. The van der Waals surface area contributed by atoms with Crippen LogP contribution in [0.2, 0.25) is 0 Å². The Morgan fingerprint density at radius 1 is 1.28 bits per heavy atom. The average Bonchev–Trinajstić information content (AvgIpc) is 3.50. The van der Waals surface area contributed by atoms with Gasteiger partial charge in [0.05, 0.1) is 11.9 Å². The molecule has 0 saturated heterocycles. The zero-order chi connectivity index (χ0) is 20.4. The Morgan fingerprint density at radius 3 is 2.76 bits per heavy atom. The molecule has 4 rings (SSSR count). The Hall–Kier alpha value is -2.81. The van der Waals surface area contributed by atoms with E-state index in [0.717, 1.165) is 32.1 Å². The van der Waals surface area contributed by atoms with E-state index in [1.807, 2.05) is 4.57 Å². The summed E-state index contributed by atoms with van der Waals surface area (Å²) in [6.07, 6.45) is 5.05. The van der Waals surface area contributed by atoms with Gasteiger partial charge in [-0.05, 0) is 37.5 Å². The number of hydrogen-bond acceptors (Lipinski definition) is 5. The van der Waals surface area contributed by atoms with Crippen LogP contribution in [0.1, 0.15) is 61.4 Å². The van der Waals surface area contributed by atoms with Gasteiger partial charge in [0, 0.05) is 18.0 Å². The van der Waals surface area contributed by atoms with Gasteiger partial charge in [-0.3, -0.25) is 19.3 Å². The van der Waals surface area contributed by atoms with Gasteiger partial charge in [-0.1, -0.05) is 38.0 Å². The minimum absolute atomic E-state index is 0.164. The number of carbonyl (C=O) groups excluding carboxylic acids is 1. The molecule has 0 spiro atoms. The minimum atomic E-state index is -0.332. The quantitative estimate of drug-likeness (QED) is 0.438. The Labute approximate surface area is 172 Å². The van der Waals surface area contributed by atoms with Gasteiger partial charge in [-0.2, -0.15) is 10.2 Å². The SMILES string of the molecule is CCCCCn1nc(C(=O)NCc2n[nH]c(=S)n2C2CC2)c2ccccc2c1=O. The van der Waals surface area contributed by atoms with Crippen molar-refractivity contribution >= 4 is 28.9 Å². The number of aromatic nitrogens is 5. The topological polar surface area (TPSA) is 97.6 Å². The lowest BCUT2D eigenvalue weighted by Crippen LogP contribution is -2.31. The molecule has 1 saturated carbocycles. The summed E-state index contributed by atoms with van der Waals surface area (Å²) in [6.45, 7) is 2.85. The first kappa shape index (κ1) is 19.5. The van der Waals surface area contributed by atoms with Crippen molar-refractivity contribution in [3.63, 3.8) is 0 Å². The van der Waals surface area contributed by atoms with Crippen LogP contribution in [-0.4, -0.2) is 30.5 Å². The van der Waals surface area contributed by atoms with Gasteiger partial charge >= 0.3 is 0 Å². The van der Waals surface area contributed by atoms with E-state index in [9.17, 15) is 9.59 Å². The van der Waals surface area contributed by atoms with E-state index in [-0.39, 0.29) is 23.7 Å². The second-order valence-corrected chi connectivity index (χ2v) is 7.75. The molecule has 1 aromatic carbocycles. The van der Waals surface area contributed by atoms with Crippen molar-refractivity contribution < 1.29 is 4.79 Å². The molecule has 2 aromatic heterocycles. The molecular weight excluding hydrogens is 388 g/mol. The zero-order valence-electron chi connectivity index (χ0n) is 16.4. The number of nitrogens with zero attached hydrogens (tertiary/aromatic N) is 4. The fraction of sp³-hybridized carbons (Fsp3) is 0.450. The molecule has 0 unspecified atom stereocenters. The average molecular weight is 413 g/mol. The number of rotatable bonds is 8. The third-order valence-electron chi connectivity index (χ3n) is 5.15. The van der Waals surface area contributed by atoms with E-state index in [4.69, 9.17) is 12.2 Å². The first-order valence-electron chi connectivity index (χ1n) is 10.0. The molecular formula is C20H24N6O2S. The predicted molar refractivity (Wildman–Crippen MR) is 112 cm³/mol. The summed E-state index contributed by atoms with van der Waals surface area (Å²) in [5.41, 5.74) is 0.0895. The number of benzene rings is 1. The summed E-state index contributed by atoms with van der Waals surface area (Å²) in [5, 5.41) is 15.4. The summed E-state index contributed by atoms with van der Waals surface area (Å²) in [6, 6.07) is 7.47. The van der Waals surface area contributed by atoms with Gasteiger partial charge in [0.1, 0.15) is 0 Å². The van der Waals surface area contributed by atoms with Crippen LogP contribution in [0.15, 0.2) is 29.1 Å². The summed E-state index contributed by atoms with van der Waals surface area (Å²) in [5.74, 6) is 0.369. The monoisotopic (exact) mass is 412 g/mol. The fourth-order valence-corrected chi connectivity index (χ4v) is 3.78. The van der Waals surface area contributed by atoms with Crippen LogP contribution in [0.25, 0.3) is 10.8 Å². The Morgan fingerprint density at radius 2 is 2.03 bits per heavy atom. The van der Waals surface area contributed by atoms with Crippen LogP contribution in [0.4, 0.5) is 0 Å². The lowest BCUT2D eigenvalue weighted by atomic mass is 10.1. The molecule has 2 N–H and O–H groups in total. The van der Waals surface area contributed by atoms with E-state index >= 15 is 0 Å². The largest absolute Gasteiger partial charge is 0.343 e. The van der Waals surface area contributed by atoms with Crippen LogP contribution in [0, 0.1) is 4.77 Å². The van der Waals surface area contributed by atoms with Crippen molar-refractivity contribution in [1.29, 1.82) is 0 Å². The molecule has 1 aliphatic rings. The van der Waals surface area contributed by atoms with Crippen molar-refractivity contribution in [2.45, 2.75) is 58.2 Å². The van der Waals surface area contributed by atoms with Crippen LogP contribution < -0.4 is 10.9 Å². The Bertz CT molecular complexity index is 1160. The van der Waals surface area contributed by atoms with Gasteiger partial charge in [-0.15, -0.1) is 0 Å². The number of H-pyrrole nitrogens is 1. The van der Waals surface area contributed by atoms with Crippen molar-refractivity contribution in [3.8, 4) is 0 Å². The number of hydrogen-bond donors (Lipinski definition) is 2. The van der Waals surface area contributed by atoms with Gasteiger partial charge in [-0.25, -0.2) is 4.68 Å². The molecule has 0 bridgehead atoms. The summed E-state index contributed by atoms with van der Waals surface area (Å²) in [7, 11) is 0. The number of fused-ring (bicyclic) bond motifs is 1. The zero-order valence-corrected chi connectivity index (χ0v) is 17.2. The van der Waals surface area contributed by atoms with Crippen LogP contribution in [0.5, 0.6) is 0 Å². The first-order valence-corrected chi connectivity index (χ1v) is 10.4. The first-order chi connectivity index (χ1) is 14.1. The number of aromatic amines is 1. The molecule has 29 heavy (non-hydrogen) atoms. The van der Waals surface area contributed by atoms with E-state index < -0.39 is 0 Å². The van der Waals surface area contributed by atoms with Crippen molar-refractivity contribution in [1.82, 2.24) is 29.9 Å². The van der Waals surface area contributed by atoms with E-state index in [2.05, 4.69) is 27.5 Å². The molecule has 9 heteroatoms. The number of nitrogens with one attached hydrogen (secondary N) is 2. The molecule has 3 aromatic rings. The number of aryl methyl sites for hydroxylation is 1. The third-order valence-corrected chi connectivity index (χ3v) is 5.44. The highest BCUT2D eigenvalue weighted by atomic mass is 32.1. The van der Waals surface area contributed by atoms with Crippen molar-refractivity contribution in [2.75, 3.05) is 0 Å². The molecule has 0 radical (unpaired) electrons. The maximum absolute atomic E-state index is 13.0. The van der Waals surface area contributed by atoms with Gasteiger partial charge in [0.2, 0.25) is 0 Å². The maximum atomic E-state index is 13.0. The normalized spacial score (nSPS) is 13.7. The molecule has 2 heterocycles. The molecule has 8 nitrogen and oxygen atoms in total. The van der Waals surface area contributed by atoms with Crippen molar-refractivity contribution in [2.24, 2.45) is 0 Å². The summed E-state index contributed by atoms with van der Waals surface area (Å²) in [4.78, 5) is 25.7. The molecule has 1 amide bonds. The number of unbranched alkanes of at least 4 members (excludes halogenated alkanes) is 2. The van der Waals surface area contributed by atoms with Gasteiger partial charge in [0.25, 0.3) is 11.5 Å². The molecule has 1 fully saturated rings. The fourth-order valence-electron chi connectivity index (χ4n) is 3.48. The maximum Gasteiger partial charge on any atom is 0.274 e. The van der Waals surface area contributed by atoms with Crippen LogP contribution in [-0.2, 0) is 13.1 Å². The highest BCUT2D eigenvalue weighted by molar-refractivity contribution is 7.71. The molecule has 0 aliphatic heterocycles. The highest BCUT2D eigenvalue weighted by Crippen LogP contribution is 2.35. The Kier molecular flexibility index (Phi) is 5.57. The lowest BCUT2D eigenvalue weighted by Gasteiger charge is -2.11. The smallest absolute Gasteiger partial charge is 0.274 e. The molecule has 152 valence electrons. The molecule has 0 atom stereocenters. The van der Waals surface area contributed by atoms with E-state index in [1.165, 1.54) is 4.68 Å². The van der Waals surface area contributed by atoms with Gasteiger partial charge in [0.15, 0.2) is 16.3 Å². The summed E-state index contributed by atoms with van der Waals surface area (Å²) >= 11 is 5.29. The second-order valence-electron chi connectivity index (χ2n) is 7.36. The van der Waals surface area contributed by atoms with Gasteiger partial charge < -0.3 is 5.32 Å². The molecule has 1 aliphatic carbocycles. The standard InChI is InChI=1S/C20H24N6O2S/c1-2-3-6-11-25-19(28)15-8-5-4-7-14(15)17(24-25)18(27)21-12-16-22-23-20(29)26(16)13-9-10-13/h4-5,7-8,13H,2-3,6,9-12H2,1H3,(H,21,27)(H,23,29). The summed E-state index contributed by atoms with van der Waals surface area (Å²) < 4.78 is 3.95. The lowest BCUT2D eigenvalue weighted by molar-refractivity contribution is 0.0943. The van der Waals surface area contributed by atoms with Crippen LogP contribution >= 0.6 is 12.2 Å². The Balaban J connectivity index is 1.62. The number of amides is 1. The van der Waals surface area contributed by atoms with E-state index in [0.29, 0.717) is 34.0 Å². The van der Waals surface area contributed by atoms with Crippen molar-refractivity contribution in [3.05, 3.63) is 50.9 Å².